The topological polar surface area (TPSA) is 129 Å². The molecule has 10 nitrogen and oxygen atoms in total. The third kappa shape index (κ3) is 5.31. The summed E-state index contributed by atoms with van der Waals surface area (Å²) >= 11 is 1.56. The molecule has 2 fully saturated rings. The lowest BCUT2D eigenvalue weighted by atomic mass is 10.0. The van der Waals surface area contributed by atoms with Crippen LogP contribution in [0.3, 0.4) is 0 Å². The van der Waals surface area contributed by atoms with E-state index in [2.05, 4.69) is 21.4 Å². The van der Waals surface area contributed by atoms with Crippen molar-refractivity contribution in [2.45, 2.75) is 49.3 Å². The van der Waals surface area contributed by atoms with E-state index in [9.17, 15) is 19.6 Å². The van der Waals surface area contributed by atoms with Crippen LogP contribution in [0.4, 0.5) is 16.4 Å². The maximum Gasteiger partial charge on any atom is 0.328 e. The molecule has 5 rings (SSSR count). The molecule has 3 aliphatic heterocycles. The van der Waals surface area contributed by atoms with Crippen molar-refractivity contribution < 1.29 is 19.1 Å². The predicted molar refractivity (Wildman–Crippen MR) is 138 cm³/mol. The number of thioether (sulfide) groups is 1. The van der Waals surface area contributed by atoms with Crippen LogP contribution in [0.25, 0.3) is 0 Å². The molecule has 2 aromatic heterocycles. The number of nitrogens with zero attached hydrogens (tertiary/aromatic N) is 5. The average molecular weight is 521 g/mol. The molecule has 0 aromatic carbocycles. The van der Waals surface area contributed by atoms with Crippen molar-refractivity contribution in [1.29, 1.82) is 5.26 Å². The number of fused-ring (bicyclic) bond motifs is 1. The number of hydrogen-bond acceptors (Lipinski definition) is 8. The first-order chi connectivity index (χ1) is 18.0. The molecule has 0 spiro atoms. The Morgan fingerprint density at radius 2 is 2.22 bits per heavy atom. The molecular formula is C26H28N6O4S. The first-order valence-electron chi connectivity index (χ1n) is 12.5. The van der Waals surface area contributed by atoms with Gasteiger partial charge in [0, 0.05) is 54.1 Å². The highest BCUT2D eigenvalue weighted by molar-refractivity contribution is 8.00. The maximum atomic E-state index is 13.3. The second-order valence-electron chi connectivity index (χ2n) is 9.55. The molecule has 11 heteroatoms. The second kappa shape index (κ2) is 10.9. The zero-order valence-electron chi connectivity index (χ0n) is 20.6. The van der Waals surface area contributed by atoms with Gasteiger partial charge in [0.2, 0.25) is 5.91 Å². The van der Waals surface area contributed by atoms with Crippen molar-refractivity contribution in [2.75, 3.05) is 36.5 Å². The van der Waals surface area contributed by atoms with E-state index in [4.69, 9.17) is 4.74 Å². The minimum Gasteiger partial charge on any atom is -0.380 e. The first-order valence-corrected chi connectivity index (χ1v) is 13.3. The van der Waals surface area contributed by atoms with E-state index >= 15 is 0 Å². The summed E-state index contributed by atoms with van der Waals surface area (Å²) in [5, 5.41) is 12.6. The second-order valence-corrected chi connectivity index (χ2v) is 10.9. The lowest BCUT2D eigenvalue weighted by molar-refractivity contribution is -0.131. The molecule has 2 aromatic rings. The number of urea groups is 1. The number of likely N-dealkylation sites (tertiary alicyclic amines) is 1. The third-order valence-electron chi connectivity index (χ3n) is 6.96. The van der Waals surface area contributed by atoms with Crippen LogP contribution < -0.4 is 10.2 Å². The number of nitrogens with one attached hydrogen (secondary N) is 1. The summed E-state index contributed by atoms with van der Waals surface area (Å²) in [5.41, 5.74) is 2.26. The fraction of sp³-hybridized carbons (Fsp3) is 0.462. The van der Waals surface area contributed by atoms with E-state index in [0.717, 1.165) is 36.1 Å². The molecule has 3 amide bonds. The van der Waals surface area contributed by atoms with Gasteiger partial charge in [0.05, 0.1) is 12.2 Å². The van der Waals surface area contributed by atoms with Crippen LogP contribution in [0, 0.1) is 17.2 Å². The van der Waals surface area contributed by atoms with Gasteiger partial charge in [-0.3, -0.25) is 19.8 Å². The fourth-order valence-electron chi connectivity index (χ4n) is 4.89. The van der Waals surface area contributed by atoms with Crippen LogP contribution in [0.1, 0.15) is 53.4 Å². The summed E-state index contributed by atoms with van der Waals surface area (Å²) in [5.74, 6) is 0.864. The molecule has 0 saturated carbocycles. The van der Waals surface area contributed by atoms with Gasteiger partial charge in [-0.25, -0.2) is 14.8 Å². The van der Waals surface area contributed by atoms with Gasteiger partial charge in [0.15, 0.2) is 6.29 Å². The number of rotatable bonds is 6. The van der Waals surface area contributed by atoms with Crippen LogP contribution in [-0.4, -0.2) is 64.6 Å². The van der Waals surface area contributed by atoms with Crippen molar-refractivity contribution in [3.8, 4) is 6.07 Å². The number of hydrogen-bond donors (Lipinski definition) is 1. The van der Waals surface area contributed by atoms with Gasteiger partial charge >= 0.3 is 6.03 Å². The van der Waals surface area contributed by atoms with E-state index in [-0.39, 0.29) is 22.8 Å². The number of ether oxygens (including phenoxy) is 1. The first kappa shape index (κ1) is 25.2. The summed E-state index contributed by atoms with van der Waals surface area (Å²) in [6.45, 7) is 4.69. The summed E-state index contributed by atoms with van der Waals surface area (Å²) in [6, 6.07) is 5.37. The Bertz CT molecular complexity index is 1270. The van der Waals surface area contributed by atoms with E-state index in [0.29, 0.717) is 61.9 Å². The van der Waals surface area contributed by atoms with Gasteiger partial charge in [-0.05, 0) is 43.4 Å². The Morgan fingerprint density at radius 1 is 1.35 bits per heavy atom. The van der Waals surface area contributed by atoms with E-state index in [1.165, 1.54) is 11.1 Å². The van der Waals surface area contributed by atoms with Crippen LogP contribution in [-0.2, 0) is 22.5 Å². The largest absolute Gasteiger partial charge is 0.380 e. The smallest absolute Gasteiger partial charge is 0.328 e. The van der Waals surface area contributed by atoms with Gasteiger partial charge in [0.1, 0.15) is 23.4 Å². The molecule has 5 heterocycles. The van der Waals surface area contributed by atoms with Crippen molar-refractivity contribution in [3.63, 3.8) is 0 Å². The molecule has 37 heavy (non-hydrogen) atoms. The van der Waals surface area contributed by atoms with E-state index in [1.54, 1.807) is 22.7 Å². The molecule has 2 atom stereocenters. The number of carbonyl (C=O) groups is 3. The third-order valence-corrected chi connectivity index (χ3v) is 8.26. The molecule has 0 aliphatic carbocycles. The number of nitriles is 1. The number of anilines is 2. The number of aldehydes is 1. The summed E-state index contributed by atoms with van der Waals surface area (Å²) < 4.78 is 5.44. The van der Waals surface area contributed by atoms with Crippen LogP contribution in [0.5, 0.6) is 0 Å². The highest BCUT2D eigenvalue weighted by Gasteiger charge is 2.30. The predicted octanol–water partition coefficient (Wildman–Crippen LogP) is 3.39. The van der Waals surface area contributed by atoms with Crippen LogP contribution >= 0.6 is 11.8 Å². The molecule has 2 saturated heterocycles. The van der Waals surface area contributed by atoms with Crippen molar-refractivity contribution in [1.82, 2.24) is 14.9 Å². The van der Waals surface area contributed by atoms with Gasteiger partial charge in [-0.1, -0.05) is 6.92 Å². The average Bonchev–Trinajstić information content (AvgIpc) is 3.53. The Balaban J connectivity index is 1.35. The maximum absolute atomic E-state index is 13.3. The minimum absolute atomic E-state index is 0.00861. The lowest BCUT2D eigenvalue weighted by Gasteiger charge is -2.29. The summed E-state index contributed by atoms with van der Waals surface area (Å²) in [6.07, 6.45) is 5.32. The Labute approximate surface area is 219 Å². The monoisotopic (exact) mass is 520 g/mol. The normalized spacial score (nSPS) is 21.0. The Morgan fingerprint density at radius 3 is 2.92 bits per heavy atom. The van der Waals surface area contributed by atoms with Crippen molar-refractivity contribution in [2.24, 2.45) is 5.92 Å². The Hall–Kier alpha value is -3.49. The van der Waals surface area contributed by atoms with E-state index in [1.807, 2.05) is 13.0 Å². The lowest BCUT2D eigenvalue weighted by Crippen LogP contribution is -2.40. The SMILES string of the molecule is C[C@@H]1CCN(Cc2cc3c(nc2C=O)N(C(=O)Nc2cc(S[C@@H]4CCOC4)c(C#N)cn2)CCC3)C1=O. The summed E-state index contributed by atoms with van der Waals surface area (Å²) in [7, 11) is 0. The number of amides is 3. The molecular weight excluding hydrogens is 492 g/mol. The number of carbonyl (C=O) groups excluding carboxylic acids is 3. The number of aromatic nitrogens is 2. The van der Waals surface area contributed by atoms with Gasteiger partial charge in [-0.15, -0.1) is 11.8 Å². The highest BCUT2D eigenvalue weighted by atomic mass is 32.2. The molecule has 0 bridgehead atoms. The zero-order chi connectivity index (χ0) is 25.9. The fourth-order valence-corrected chi connectivity index (χ4v) is 6.03. The van der Waals surface area contributed by atoms with Crippen LogP contribution in [0.2, 0.25) is 0 Å². The number of aryl methyl sites for hydroxylation is 1. The highest BCUT2D eigenvalue weighted by Crippen LogP contribution is 2.33. The summed E-state index contributed by atoms with van der Waals surface area (Å²) in [4.78, 5) is 50.4. The minimum atomic E-state index is -0.404. The van der Waals surface area contributed by atoms with Crippen molar-refractivity contribution >= 4 is 41.6 Å². The molecule has 3 aliphatic rings. The quantitative estimate of drug-likeness (QED) is 0.574. The standard InChI is InChI=1S/C26H28N6O4S/c1-16-4-7-31(25(16)34)13-18-9-17-3-2-6-32(24(17)29-21(18)14-33)26(35)30-23-10-22(19(11-27)12-28-23)37-20-5-8-36-15-20/h9-10,12,14,16,20H,2-8,13,15H2,1H3,(H,28,30,35)/t16-,20-/m1/s1. The van der Waals surface area contributed by atoms with Gasteiger partial charge < -0.3 is 9.64 Å². The molecule has 1 N–H and O–H groups in total. The van der Waals surface area contributed by atoms with Gasteiger partial charge in [-0.2, -0.15) is 5.26 Å². The number of pyridine rings is 2. The van der Waals surface area contributed by atoms with Gasteiger partial charge in [0.25, 0.3) is 0 Å². The molecule has 0 radical (unpaired) electrons. The van der Waals surface area contributed by atoms with Crippen molar-refractivity contribution in [3.05, 3.63) is 40.7 Å². The van der Waals surface area contributed by atoms with E-state index < -0.39 is 6.03 Å². The molecule has 0 unspecified atom stereocenters. The zero-order valence-corrected chi connectivity index (χ0v) is 21.4. The van der Waals surface area contributed by atoms with Crippen LogP contribution in [0.15, 0.2) is 23.2 Å². The molecule has 192 valence electrons. The Kier molecular flexibility index (Phi) is 7.39.